The second-order valence-electron chi connectivity index (χ2n) is 6.80. The van der Waals surface area contributed by atoms with Crippen LogP contribution in [0.2, 0.25) is 5.02 Å². The summed E-state index contributed by atoms with van der Waals surface area (Å²) in [5, 5.41) is 13.0. The molecule has 2 aromatic carbocycles. The zero-order valence-corrected chi connectivity index (χ0v) is 15.8. The van der Waals surface area contributed by atoms with Gasteiger partial charge in [-0.2, -0.15) is 0 Å². The lowest BCUT2D eigenvalue weighted by Crippen LogP contribution is -2.40. The maximum atomic E-state index is 12.3. The molecule has 1 aliphatic heterocycles. The minimum atomic E-state index is -0.289. The summed E-state index contributed by atoms with van der Waals surface area (Å²) < 4.78 is 0. The summed E-state index contributed by atoms with van der Waals surface area (Å²) >= 11 is 6.08. The monoisotopic (exact) mass is 386 g/mol. The molecule has 0 radical (unpaired) electrons. The van der Waals surface area contributed by atoms with Gasteiger partial charge in [-0.15, -0.1) is 0 Å². The fourth-order valence-electron chi connectivity index (χ4n) is 3.13. The molecular weight excluding hydrogens is 364 g/mol. The molecule has 1 aliphatic rings. The summed E-state index contributed by atoms with van der Waals surface area (Å²) in [6, 6.07) is 14.6. The van der Waals surface area contributed by atoms with Crippen LogP contribution in [-0.4, -0.2) is 41.0 Å². The van der Waals surface area contributed by atoms with Crippen LogP contribution in [-0.2, 0) is 22.4 Å². The topological polar surface area (TPSA) is 69.6 Å². The van der Waals surface area contributed by atoms with Gasteiger partial charge in [-0.05, 0) is 42.2 Å². The highest BCUT2D eigenvalue weighted by molar-refractivity contribution is 6.31. The normalized spacial score (nSPS) is 14.8. The summed E-state index contributed by atoms with van der Waals surface area (Å²) in [6.07, 6.45) is 1.53. The zero-order valence-electron chi connectivity index (χ0n) is 15.0. The molecule has 27 heavy (non-hydrogen) atoms. The summed E-state index contributed by atoms with van der Waals surface area (Å²) in [6.45, 7) is 1.21. The molecule has 0 spiro atoms. The number of aliphatic hydroxyl groups excluding tert-OH is 1. The van der Waals surface area contributed by atoms with E-state index in [0.29, 0.717) is 43.1 Å². The van der Waals surface area contributed by atoms with Gasteiger partial charge in [0.15, 0.2) is 0 Å². The van der Waals surface area contributed by atoms with Crippen LogP contribution >= 0.6 is 11.6 Å². The molecule has 1 heterocycles. The van der Waals surface area contributed by atoms with Gasteiger partial charge in [0.1, 0.15) is 0 Å². The van der Waals surface area contributed by atoms with Crippen molar-refractivity contribution >= 4 is 29.1 Å². The molecule has 0 unspecified atom stereocenters. The molecule has 1 saturated heterocycles. The van der Waals surface area contributed by atoms with Crippen LogP contribution in [0.5, 0.6) is 0 Å². The first-order valence-corrected chi connectivity index (χ1v) is 9.47. The fourth-order valence-corrected chi connectivity index (χ4v) is 3.33. The van der Waals surface area contributed by atoms with Gasteiger partial charge in [0, 0.05) is 23.8 Å². The van der Waals surface area contributed by atoms with E-state index in [9.17, 15) is 14.7 Å². The second kappa shape index (κ2) is 9.02. The van der Waals surface area contributed by atoms with E-state index in [1.165, 1.54) is 0 Å². The molecule has 142 valence electrons. The number of hydrogen-bond donors (Lipinski definition) is 2. The van der Waals surface area contributed by atoms with Crippen molar-refractivity contribution in [3.8, 4) is 0 Å². The largest absolute Gasteiger partial charge is 0.393 e. The lowest BCUT2D eigenvalue weighted by atomic mass is 10.1. The molecule has 2 amide bonds. The average Bonchev–Trinajstić information content (AvgIpc) is 2.66. The first-order chi connectivity index (χ1) is 13.0. The van der Waals surface area contributed by atoms with E-state index in [-0.39, 0.29) is 24.3 Å². The molecule has 2 N–H and O–H groups in total. The molecule has 6 heteroatoms. The summed E-state index contributed by atoms with van der Waals surface area (Å²) in [5.41, 5.74) is 2.37. The number of anilines is 1. The van der Waals surface area contributed by atoms with Crippen molar-refractivity contribution in [3.05, 3.63) is 64.7 Å². The van der Waals surface area contributed by atoms with Crippen LogP contribution in [0.3, 0.4) is 0 Å². The van der Waals surface area contributed by atoms with Crippen molar-refractivity contribution in [2.24, 2.45) is 0 Å². The molecular formula is C21H23ClN2O3. The Labute approximate surface area is 163 Å². The number of amides is 2. The van der Waals surface area contributed by atoms with E-state index in [4.69, 9.17) is 11.6 Å². The number of nitrogens with one attached hydrogen (secondary N) is 1. The van der Waals surface area contributed by atoms with Gasteiger partial charge >= 0.3 is 0 Å². The second-order valence-corrected chi connectivity index (χ2v) is 7.21. The summed E-state index contributed by atoms with van der Waals surface area (Å²) in [7, 11) is 0. The van der Waals surface area contributed by atoms with E-state index < -0.39 is 0 Å². The first kappa shape index (κ1) is 19.4. The van der Waals surface area contributed by atoms with Crippen LogP contribution in [0, 0.1) is 0 Å². The predicted molar refractivity (Wildman–Crippen MR) is 106 cm³/mol. The number of nitrogens with zero attached hydrogens (tertiary/aromatic N) is 1. The molecule has 0 atom stereocenters. The number of rotatable bonds is 5. The van der Waals surface area contributed by atoms with Crippen molar-refractivity contribution < 1.29 is 14.7 Å². The van der Waals surface area contributed by atoms with E-state index in [1.807, 2.05) is 30.3 Å². The minimum absolute atomic E-state index is 0.0670. The van der Waals surface area contributed by atoms with E-state index in [1.54, 1.807) is 23.1 Å². The molecule has 0 saturated carbocycles. The zero-order chi connectivity index (χ0) is 19.2. The molecule has 2 aromatic rings. The summed E-state index contributed by atoms with van der Waals surface area (Å²) in [5.74, 6) is -0.0730. The highest BCUT2D eigenvalue weighted by Gasteiger charge is 2.21. The van der Waals surface area contributed by atoms with Gasteiger partial charge in [0.2, 0.25) is 11.8 Å². The first-order valence-electron chi connectivity index (χ1n) is 9.09. The van der Waals surface area contributed by atoms with Crippen LogP contribution in [0.25, 0.3) is 0 Å². The maximum absolute atomic E-state index is 12.3. The van der Waals surface area contributed by atoms with Gasteiger partial charge in [-0.1, -0.05) is 41.9 Å². The Morgan fingerprint density at radius 2 is 1.70 bits per heavy atom. The number of carbonyl (C=O) groups is 2. The molecule has 3 rings (SSSR count). The lowest BCUT2D eigenvalue weighted by molar-refractivity contribution is -0.132. The number of carbonyl (C=O) groups excluding carboxylic acids is 2. The van der Waals surface area contributed by atoms with Crippen molar-refractivity contribution in [1.29, 1.82) is 0 Å². The highest BCUT2D eigenvalue weighted by atomic mass is 35.5. The quantitative estimate of drug-likeness (QED) is 0.829. The Kier molecular flexibility index (Phi) is 6.48. The van der Waals surface area contributed by atoms with Crippen molar-refractivity contribution in [3.63, 3.8) is 0 Å². The van der Waals surface area contributed by atoms with E-state index in [0.717, 1.165) is 11.1 Å². The van der Waals surface area contributed by atoms with Gasteiger partial charge in [-0.25, -0.2) is 0 Å². The van der Waals surface area contributed by atoms with Crippen LogP contribution in [0.4, 0.5) is 5.69 Å². The SMILES string of the molecule is O=C(Cc1ccccc1Cl)Nc1ccc(CC(=O)N2CCC(O)CC2)cc1. The van der Waals surface area contributed by atoms with Crippen molar-refractivity contribution in [1.82, 2.24) is 4.90 Å². The Morgan fingerprint density at radius 1 is 1.04 bits per heavy atom. The third-order valence-corrected chi connectivity index (χ3v) is 5.09. The Hall–Kier alpha value is -2.37. The smallest absolute Gasteiger partial charge is 0.228 e. The Morgan fingerprint density at radius 3 is 2.37 bits per heavy atom. The number of halogens is 1. The molecule has 0 aromatic heterocycles. The standard InChI is InChI=1S/C21H23ClN2O3/c22-19-4-2-1-3-16(19)14-20(26)23-17-7-5-15(6-8-17)13-21(27)24-11-9-18(25)10-12-24/h1-8,18,25H,9-14H2,(H,23,26). The fraction of sp³-hybridized carbons (Fsp3) is 0.333. The van der Waals surface area contributed by atoms with Gasteiger partial charge in [-0.3, -0.25) is 9.59 Å². The van der Waals surface area contributed by atoms with Crippen LogP contribution in [0.1, 0.15) is 24.0 Å². The number of likely N-dealkylation sites (tertiary alicyclic amines) is 1. The van der Waals surface area contributed by atoms with Gasteiger partial charge in [0.05, 0.1) is 18.9 Å². The molecule has 0 bridgehead atoms. The Balaban J connectivity index is 1.52. The number of piperidine rings is 1. The summed E-state index contributed by atoms with van der Waals surface area (Å²) in [4.78, 5) is 26.3. The molecule has 0 aliphatic carbocycles. The Bertz CT molecular complexity index is 799. The number of benzene rings is 2. The van der Waals surface area contributed by atoms with Gasteiger partial charge in [0.25, 0.3) is 0 Å². The van der Waals surface area contributed by atoms with E-state index in [2.05, 4.69) is 5.32 Å². The average molecular weight is 387 g/mol. The van der Waals surface area contributed by atoms with Crippen molar-refractivity contribution in [2.75, 3.05) is 18.4 Å². The van der Waals surface area contributed by atoms with E-state index >= 15 is 0 Å². The highest BCUT2D eigenvalue weighted by Crippen LogP contribution is 2.17. The predicted octanol–water partition coefficient (Wildman–Crippen LogP) is 3.05. The lowest BCUT2D eigenvalue weighted by Gasteiger charge is -2.29. The molecule has 1 fully saturated rings. The maximum Gasteiger partial charge on any atom is 0.228 e. The third-order valence-electron chi connectivity index (χ3n) is 4.72. The molecule has 5 nitrogen and oxygen atoms in total. The van der Waals surface area contributed by atoms with Crippen LogP contribution < -0.4 is 5.32 Å². The third kappa shape index (κ3) is 5.55. The number of aliphatic hydroxyl groups is 1. The van der Waals surface area contributed by atoms with Crippen LogP contribution in [0.15, 0.2) is 48.5 Å². The van der Waals surface area contributed by atoms with Gasteiger partial charge < -0.3 is 15.3 Å². The van der Waals surface area contributed by atoms with Crippen molar-refractivity contribution in [2.45, 2.75) is 31.8 Å². The minimum Gasteiger partial charge on any atom is -0.393 e. The number of hydrogen-bond acceptors (Lipinski definition) is 3.